The standard InChI is InChI=1S/C24H35N3O5S/c1-17(2)10-12-26(16-24(29)25-30)33(31,32)23-9-7-20-6-8-22(14-21(20)15-23)27(19(5)28)13-11-18(3)4/h6-9,14-15,17-18,30H,10-13,16H2,1-5H3,(H,25,29). The summed E-state index contributed by atoms with van der Waals surface area (Å²) in [6.45, 7) is 9.90. The number of nitrogens with one attached hydrogen (secondary N) is 1. The van der Waals surface area contributed by atoms with Gasteiger partial charge in [-0.3, -0.25) is 14.8 Å². The fourth-order valence-corrected chi connectivity index (χ4v) is 4.87. The Bertz CT molecular complexity index is 1080. The minimum atomic E-state index is -3.98. The second-order valence-corrected chi connectivity index (χ2v) is 11.0. The van der Waals surface area contributed by atoms with E-state index in [4.69, 9.17) is 5.21 Å². The molecule has 2 rings (SSSR count). The maximum Gasteiger partial charge on any atom is 0.258 e. The number of anilines is 1. The molecule has 2 aromatic rings. The molecule has 2 N–H and O–H groups in total. The highest BCUT2D eigenvalue weighted by molar-refractivity contribution is 7.89. The Kier molecular flexibility index (Phi) is 9.39. The van der Waals surface area contributed by atoms with Gasteiger partial charge in [0.2, 0.25) is 15.9 Å². The van der Waals surface area contributed by atoms with Crippen LogP contribution in [0.3, 0.4) is 0 Å². The number of hydroxylamine groups is 1. The number of fused-ring (bicyclic) bond motifs is 1. The van der Waals surface area contributed by atoms with Crippen molar-refractivity contribution in [1.82, 2.24) is 9.79 Å². The molecular formula is C24H35N3O5S. The van der Waals surface area contributed by atoms with Crippen LogP contribution in [0.4, 0.5) is 5.69 Å². The quantitative estimate of drug-likeness (QED) is 0.378. The van der Waals surface area contributed by atoms with E-state index in [1.165, 1.54) is 18.5 Å². The molecule has 0 aromatic heterocycles. The molecule has 0 spiro atoms. The Hall–Kier alpha value is -2.49. The first-order valence-electron chi connectivity index (χ1n) is 11.2. The summed E-state index contributed by atoms with van der Waals surface area (Å²) in [5.41, 5.74) is 2.21. The van der Waals surface area contributed by atoms with Crippen molar-refractivity contribution in [2.75, 3.05) is 24.5 Å². The molecule has 0 aliphatic heterocycles. The van der Waals surface area contributed by atoms with Gasteiger partial charge >= 0.3 is 0 Å². The molecule has 0 aliphatic carbocycles. The van der Waals surface area contributed by atoms with Crippen LogP contribution < -0.4 is 10.4 Å². The normalized spacial score (nSPS) is 12.0. The molecule has 0 saturated carbocycles. The summed E-state index contributed by atoms with van der Waals surface area (Å²) >= 11 is 0. The largest absolute Gasteiger partial charge is 0.313 e. The Balaban J connectivity index is 2.45. The van der Waals surface area contributed by atoms with Crippen molar-refractivity contribution in [3.05, 3.63) is 36.4 Å². The van der Waals surface area contributed by atoms with Crippen LogP contribution in [-0.4, -0.2) is 49.4 Å². The summed E-state index contributed by atoms with van der Waals surface area (Å²) in [6.07, 6.45) is 1.42. The van der Waals surface area contributed by atoms with Crippen molar-refractivity contribution in [2.24, 2.45) is 11.8 Å². The molecule has 8 nitrogen and oxygen atoms in total. The average molecular weight is 478 g/mol. The van der Waals surface area contributed by atoms with Crippen molar-refractivity contribution in [2.45, 2.75) is 52.4 Å². The summed E-state index contributed by atoms with van der Waals surface area (Å²) in [5, 5.41) is 10.4. The van der Waals surface area contributed by atoms with Crippen LogP contribution in [0, 0.1) is 11.8 Å². The Morgan fingerprint density at radius 2 is 1.55 bits per heavy atom. The van der Waals surface area contributed by atoms with Crippen molar-refractivity contribution in [3.8, 4) is 0 Å². The zero-order valence-corrected chi connectivity index (χ0v) is 20.9. The molecule has 0 atom stereocenters. The van der Waals surface area contributed by atoms with E-state index in [0.29, 0.717) is 30.0 Å². The highest BCUT2D eigenvalue weighted by atomic mass is 32.2. The zero-order valence-electron chi connectivity index (χ0n) is 20.0. The number of carbonyl (C=O) groups is 2. The van der Waals surface area contributed by atoms with E-state index in [-0.39, 0.29) is 23.3 Å². The number of benzene rings is 2. The number of nitrogens with zero attached hydrogens (tertiary/aromatic N) is 2. The van der Waals surface area contributed by atoms with Gasteiger partial charge < -0.3 is 4.90 Å². The van der Waals surface area contributed by atoms with E-state index < -0.39 is 22.5 Å². The van der Waals surface area contributed by atoms with Gasteiger partial charge in [0, 0.05) is 25.7 Å². The van der Waals surface area contributed by atoms with E-state index in [0.717, 1.165) is 16.1 Å². The lowest BCUT2D eigenvalue weighted by molar-refractivity contribution is -0.129. The minimum absolute atomic E-state index is 0.0539. The summed E-state index contributed by atoms with van der Waals surface area (Å²) in [6, 6.07) is 10.3. The van der Waals surface area contributed by atoms with Crippen molar-refractivity contribution in [3.63, 3.8) is 0 Å². The van der Waals surface area contributed by atoms with Crippen molar-refractivity contribution < 1.29 is 23.2 Å². The maximum absolute atomic E-state index is 13.3. The number of sulfonamides is 1. The Labute approximate surface area is 196 Å². The zero-order chi connectivity index (χ0) is 24.8. The van der Waals surface area contributed by atoms with Gasteiger partial charge in [-0.25, -0.2) is 13.9 Å². The molecule has 0 aliphatic rings. The maximum atomic E-state index is 13.3. The second kappa shape index (κ2) is 11.6. The topological polar surface area (TPSA) is 107 Å². The molecule has 9 heteroatoms. The fourth-order valence-electron chi connectivity index (χ4n) is 3.43. The summed E-state index contributed by atoms with van der Waals surface area (Å²) in [5.74, 6) is -0.194. The smallest absolute Gasteiger partial charge is 0.258 e. The molecule has 33 heavy (non-hydrogen) atoms. The number of hydrogen-bond acceptors (Lipinski definition) is 5. The summed E-state index contributed by atoms with van der Waals surface area (Å²) in [4.78, 5) is 25.7. The average Bonchev–Trinajstić information content (AvgIpc) is 2.75. The number of carbonyl (C=O) groups excluding carboxylic acids is 2. The van der Waals surface area contributed by atoms with E-state index in [2.05, 4.69) is 13.8 Å². The lowest BCUT2D eigenvalue weighted by Crippen LogP contribution is -2.40. The van der Waals surface area contributed by atoms with Crippen LogP contribution >= 0.6 is 0 Å². The van der Waals surface area contributed by atoms with Crippen LogP contribution in [-0.2, 0) is 19.6 Å². The second-order valence-electron chi connectivity index (χ2n) is 9.10. The molecule has 0 heterocycles. The lowest BCUT2D eigenvalue weighted by Gasteiger charge is -2.23. The monoisotopic (exact) mass is 477 g/mol. The molecule has 0 bridgehead atoms. The third kappa shape index (κ3) is 7.25. The van der Waals surface area contributed by atoms with Gasteiger partial charge in [-0.15, -0.1) is 0 Å². The lowest BCUT2D eigenvalue weighted by atomic mass is 10.1. The van der Waals surface area contributed by atoms with Gasteiger partial charge in [0.05, 0.1) is 11.4 Å². The van der Waals surface area contributed by atoms with Gasteiger partial charge in [-0.1, -0.05) is 39.8 Å². The van der Waals surface area contributed by atoms with Gasteiger partial charge in [-0.2, -0.15) is 4.31 Å². The molecule has 182 valence electrons. The van der Waals surface area contributed by atoms with Crippen LogP contribution in [0.15, 0.2) is 41.3 Å². The Morgan fingerprint density at radius 1 is 0.939 bits per heavy atom. The summed E-state index contributed by atoms with van der Waals surface area (Å²) < 4.78 is 27.8. The Morgan fingerprint density at radius 3 is 2.12 bits per heavy atom. The van der Waals surface area contributed by atoms with Gasteiger partial charge in [0.25, 0.3) is 5.91 Å². The van der Waals surface area contributed by atoms with Gasteiger partial charge in [0.15, 0.2) is 0 Å². The summed E-state index contributed by atoms with van der Waals surface area (Å²) in [7, 11) is -3.98. The number of amides is 2. The third-order valence-electron chi connectivity index (χ3n) is 5.46. The molecular weight excluding hydrogens is 442 g/mol. The highest BCUT2D eigenvalue weighted by Gasteiger charge is 2.27. The first kappa shape index (κ1) is 26.8. The first-order valence-corrected chi connectivity index (χ1v) is 12.6. The molecule has 2 aromatic carbocycles. The number of hydrogen-bond donors (Lipinski definition) is 2. The van der Waals surface area contributed by atoms with Crippen LogP contribution in [0.2, 0.25) is 0 Å². The molecule has 0 fully saturated rings. The van der Waals surface area contributed by atoms with E-state index in [1.807, 2.05) is 32.0 Å². The van der Waals surface area contributed by atoms with Crippen LogP contribution in [0.5, 0.6) is 0 Å². The van der Waals surface area contributed by atoms with E-state index in [9.17, 15) is 18.0 Å². The first-order chi connectivity index (χ1) is 15.4. The number of rotatable bonds is 11. The minimum Gasteiger partial charge on any atom is -0.313 e. The fraction of sp³-hybridized carbons (Fsp3) is 0.500. The third-order valence-corrected chi connectivity index (χ3v) is 7.30. The van der Waals surface area contributed by atoms with Crippen LogP contribution in [0.25, 0.3) is 10.8 Å². The molecule has 2 amide bonds. The predicted molar refractivity (Wildman–Crippen MR) is 130 cm³/mol. The SMILES string of the molecule is CC(=O)N(CCC(C)C)c1ccc2ccc(S(=O)(=O)N(CCC(C)C)CC(=O)NO)cc2c1. The predicted octanol–water partition coefficient (Wildman–Crippen LogP) is 3.78. The van der Waals surface area contributed by atoms with E-state index in [1.54, 1.807) is 17.0 Å². The van der Waals surface area contributed by atoms with Crippen molar-refractivity contribution >= 4 is 38.3 Å². The van der Waals surface area contributed by atoms with Gasteiger partial charge in [0.1, 0.15) is 0 Å². The highest BCUT2D eigenvalue weighted by Crippen LogP contribution is 2.27. The van der Waals surface area contributed by atoms with E-state index >= 15 is 0 Å². The van der Waals surface area contributed by atoms with Crippen molar-refractivity contribution in [1.29, 1.82) is 0 Å². The molecule has 0 unspecified atom stereocenters. The molecule has 0 radical (unpaired) electrons. The van der Waals surface area contributed by atoms with Crippen LogP contribution in [0.1, 0.15) is 47.5 Å². The molecule has 0 saturated heterocycles. The van der Waals surface area contributed by atoms with Gasteiger partial charge in [-0.05, 0) is 59.7 Å².